The van der Waals surface area contributed by atoms with Crippen LogP contribution in [-0.4, -0.2) is 27.8 Å². The van der Waals surface area contributed by atoms with Gasteiger partial charge in [0.2, 0.25) is 5.91 Å². The first-order chi connectivity index (χ1) is 13.2. The number of aromatic nitrogens is 3. The molecule has 0 fully saturated rings. The van der Waals surface area contributed by atoms with Crippen LogP contribution >= 0.6 is 0 Å². The Labute approximate surface area is 156 Å². The molecule has 0 aliphatic carbocycles. The third-order valence-corrected chi connectivity index (χ3v) is 4.53. The van der Waals surface area contributed by atoms with Crippen molar-refractivity contribution in [2.24, 2.45) is 5.73 Å². The molecule has 0 radical (unpaired) electrons. The summed E-state index contributed by atoms with van der Waals surface area (Å²) in [5.41, 5.74) is 7.25. The monoisotopic (exact) mass is 364 g/mol. The molecule has 138 valence electrons. The molecule has 3 aromatic rings. The highest BCUT2D eigenvalue weighted by Gasteiger charge is 2.28. The van der Waals surface area contributed by atoms with Crippen molar-refractivity contribution < 1.29 is 14.3 Å². The van der Waals surface area contributed by atoms with E-state index in [1.807, 2.05) is 42.5 Å². The Kier molecular flexibility index (Phi) is 4.50. The number of hydrogen-bond donors (Lipinski definition) is 1. The normalized spacial score (nSPS) is 15.7. The van der Waals surface area contributed by atoms with Gasteiger partial charge < -0.3 is 15.2 Å². The zero-order valence-corrected chi connectivity index (χ0v) is 15.0. The highest BCUT2D eigenvalue weighted by Crippen LogP contribution is 2.35. The molecule has 2 N–H and O–H groups in total. The maximum absolute atomic E-state index is 11.4. The average molecular weight is 364 g/mol. The zero-order chi connectivity index (χ0) is 18.8. The fraction of sp³-hybridized carbons (Fsp3) is 0.250. The first-order valence-corrected chi connectivity index (χ1v) is 8.78. The minimum Gasteiger partial charge on any atom is -0.494 e. The summed E-state index contributed by atoms with van der Waals surface area (Å²) in [6.45, 7) is 0. The first kappa shape index (κ1) is 17.1. The number of hydrogen-bond acceptors (Lipinski definition) is 5. The van der Waals surface area contributed by atoms with E-state index in [4.69, 9.17) is 15.2 Å². The number of aryl methyl sites for hydroxylation is 1. The van der Waals surface area contributed by atoms with Crippen LogP contribution in [0.3, 0.4) is 0 Å². The Bertz CT molecular complexity index is 983. The molecule has 4 rings (SSSR count). The van der Waals surface area contributed by atoms with Gasteiger partial charge in [0.25, 0.3) is 0 Å². The Morgan fingerprint density at radius 2 is 2.04 bits per heavy atom. The lowest BCUT2D eigenvalue weighted by Gasteiger charge is -2.25. The molecule has 2 aromatic carbocycles. The summed E-state index contributed by atoms with van der Waals surface area (Å²) in [6, 6.07) is 15.5. The van der Waals surface area contributed by atoms with Crippen LogP contribution in [0.25, 0.3) is 5.69 Å². The lowest BCUT2D eigenvalue weighted by molar-refractivity contribution is -0.117. The third-order valence-electron chi connectivity index (χ3n) is 4.53. The van der Waals surface area contributed by atoms with Crippen molar-refractivity contribution in [1.82, 2.24) is 14.8 Å². The van der Waals surface area contributed by atoms with Gasteiger partial charge >= 0.3 is 0 Å². The number of carbonyl (C=O) groups excluding carboxylic acids is 1. The number of benzene rings is 2. The third kappa shape index (κ3) is 3.36. The van der Waals surface area contributed by atoms with Gasteiger partial charge in [-0.15, -0.1) is 0 Å². The fourth-order valence-electron chi connectivity index (χ4n) is 3.30. The van der Waals surface area contributed by atoms with E-state index in [9.17, 15) is 4.79 Å². The van der Waals surface area contributed by atoms with Crippen LogP contribution in [0.2, 0.25) is 0 Å². The highest BCUT2D eigenvalue weighted by atomic mass is 16.5. The number of rotatable bonds is 5. The zero-order valence-electron chi connectivity index (χ0n) is 15.0. The van der Waals surface area contributed by atoms with E-state index >= 15 is 0 Å². The molecule has 1 aromatic heterocycles. The van der Waals surface area contributed by atoms with Gasteiger partial charge in [0.15, 0.2) is 17.8 Å². The average Bonchev–Trinajstić information content (AvgIpc) is 3.10. The van der Waals surface area contributed by atoms with E-state index in [1.54, 1.807) is 11.8 Å². The topological polar surface area (TPSA) is 92.3 Å². The van der Waals surface area contributed by atoms with Gasteiger partial charge in [0.05, 0.1) is 13.5 Å². The van der Waals surface area contributed by atoms with Crippen LogP contribution in [0.4, 0.5) is 0 Å². The van der Waals surface area contributed by atoms with Gasteiger partial charge in [0, 0.05) is 0 Å². The van der Waals surface area contributed by atoms with E-state index in [-0.39, 0.29) is 12.5 Å². The number of para-hydroxylation sites is 3. The van der Waals surface area contributed by atoms with Crippen LogP contribution in [0.15, 0.2) is 48.5 Å². The molecular formula is C20H20N4O3. The molecule has 1 atom stereocenters. The second kappa shape index (κ2) is 7.11. The molecular weight excluding hydrogens is 344 g/mol. The number of nitrogens with two attached hydrogens (primary N) is 1. The molecule has 1 amide bonds. The van der Waals surface area contributed by atoms with E-state index in [0.717, 1.165) is 24.3 Å². The summed E-state index contributed by atoms with van der Waals surface area (Å²) < 4.78 is 13.3. The number of nitrogens with zero attached hydrogens (tertiary/aromatic N) is 3. The molecule has 27 heavy (non-hydrogen) atoms. The quantitative estimate of drug-likeness (QED) is 0.750. The summed E-state index contributed by atoms with van der Waals surface area (Å²) in [7, 11) is 1.60. The smallest absolute Gasteiger partial charge is 0.225 e. The number of fused-ring (bicyclic) bond motifs is 1. The maximum atomic E-state index is 11.4. The number of primary amides is 1. The largest absolute Gasteiger partial charge is 0.494 e. The van der Waals surface area contributed by atoms with Crippen LogP contribution in [0, 0.1) is 0 Å². The lowest BCUT2D eigenvalue weighted by atomic mass is 10.0. The number of ether oxygens (including phenoxy) is 2. The van der Waals surface area contributed by atoms with Gasteiger partial charge in [0.1, 0.15) is 17.2 Å². The minimum absolute atomic E-state index is 0.0293. The van der Waals surface area contributed by atoms with Gasteiger partial charge in [-0.2, -0.15) is 5.10 Å². The summed E-state index contributed by atoms with van der Waals surface area (Å²) in [4.78, 5) is 15.9. The second-order valence-electron chi connectivity index (χ2n) is 6.37. The second-order valence-corrected chi connectivity index (χ2v) is 6.37. The summed E-state index contributed by atoms with van der Waals surface area (Å²) in [6.07, 6.45) is 1.34. The summed E-state index contributed by atoms with van der Waals surface area (Å²) in [5.74, 6) is 2.02. The van der Waals surface area contributed by atoms with Crippen LogP contribution in [-0.2, 0) is 17.6 Å². The molecule has 0 saturated heterocycles. The highest BCUT2D eigenvalue weighted by molar-refractivity contribution is 5.75. The Morgan fingerprint density at radius 1 is 1.26 bits per heavy atom. The van der Waals surface area contributed by atoms with Crippen molar-refractivity contribution in [2.45, 2.75) is 25.4 Å². The lowest BCUT2D eigenvalue weighted by Crippen LogP contribution is -2.19. The standard InChI is InChI=1S/C20H20N4O3/c1-26-16-9-5-3-7-14(16)24-20(22-19(23-24)12-18(21)25)17-11-10-13-6-2-4-8-15(13)27-17/h2-9,17H,10-12H2,1H3,(H2,21,25). The predicted octanol–water partition coefficient (Wildman–Crippen LogP) is 2.37. The summed E-state index contributed by atoms with van der Waals surface area (Å²) in [5, 5.41) is 4.51. The predicted molar refractivity (Wildman–Crippen MR) is 98.9 cm³/mol. The SMILES string of the molecule is COc1ccccc1-n1nc(CC(N)=O)nc1C1CCc2ccccc2O1. The van der Waals surface area contributed by atoms with Crippen LogP contribution < -0.4 is 15.2 Å². The minimum atomic E-state index is -0.478. The Balaban J connectivity index is 1.77. The molecule has 0 saturated carbocycles. The van der Waals surface area contributed by atoms with Gasteiger partial charge in [-0.05, 0) is 36.6 Å². The summed E-state index contributed by atoms with van der Waals surface area (Å²) >= 11 is 0. The van der Waals surface area contributed by atoms with Crippen LogP contribution in [0.5, 0.6) is 11.5 Å². The van der Waals surface area contributed by atoms with E-state index < -0.39 is 5.91 Å². The molecule has 2 heterocycles. The molecule has 1 aliphatic rings. The van der Waals surface area contributed by atoms with Crippen molar-refractivity contribution in [3.05, 3.63) is 65.7 Å². The Hall–Kier alpha value is -3.35. The Morgan fingerprint density at radius 3 is 2.85 bits per heavy atom. The molecule has 1 aliphatic heterocycles. The van der Waals surface area contributed by atoms with E-state index in [2.05, 4.69) is 16.1 Å². The van der Waals surface area contributed by atoms with Crippen molar-refractivity contribution in [1.29, 1.82) is 0 Å². The molecule has 7 nitrogen and oxygen atoms in total. The number of methoxy groups -OCH3 is 1. The van der Waals surface area contributed by atoms with E-state index in [1.165, 1.54) is 5.56 Å². The van der Waals surface area contributed by atoms with E-state index in [0.29, 0.717) is 17.4 Å². The van der Waals surface area contributed by atoms with Crippen molar-refractivity contribution in [2.75, 3.05) is 7.11 Å². The maximum Gasteiger partial charge on any atom is 0.225 e. The number of carbonyl (C=O) groups is 1. The molecule has 0 spiro atoms. The first-order valence-electron chi connectivity index (χ1n) is 8.78. The van der Waals surface area contributed by atoms with Gasteiger partial charge in [-0.3, -0.25) is 4.79 Å². The van der Waals surface area contributed by atoms with Crippen molar-refractivity contribution in [3.8, 4) is 17.2 Å². The molecule has 0 bridgehead atoms. The van der Waals surface area contributed by atoms with Crippen molar-refractivity contribution in [3.63, 3.8) is 0 Å². The molecule has 1 unspecified atom stereocenters. The van der Waals surface area contributed by atoms with Gasteiger partial charge in [-0.25, -0.2) is 9.67 Å². The van der Waals surface area contributed by atoms with Gasteiger partial charge in [-0.1, -0.05) is 30.3 Å². The van der Waals surface area contributed by atoms with Crippen molar-refractivity contribution >= 4 is 5.91 Å². The van der Waals surface area contributed by atoms with Crippen LogP contribution in [0.1, 0.15) is 29.7 Å². The molecule has 7 heteroatoms. The number of amides is 1. The fourth-order valence-corrected chi connectivity index (χ4v) is 3.30.